The molecule has 0 bridgehead atoms. The standard InChI is InChI=1S/C13H22ClNO2/c14-8-4-9-15(11-5-3-6-11)13(16)12-7-1-2-10-17-12/h11-12H,1-10H2. The number of hydrogen-bond donors (Lipinski definition) is 0. The monoisotopic (exact) mass is 259 g/mol. The van der Waals surface area contributed by atoms with Crippen molar-refractivity contribution in [2.24, 2.45) is 0 Å². The third-order valence-corrected chi connectivity index (χ3v) is 4.05. The van der Waals surface area contributed by atoms with Crippen LogP contribution in [-0.4, -0.2) is 42.0 Å². The highest BCUT2D eigenvalue weighted by atomic mass is 35.5. The third-order valence-electron chi connectivity index (χ3n) is 3.79. The Hall–Kier alpha value is -0.280. The van der Waals surface area contributed by atoms with Crippen LogP contribution >= 0.6 is 11.6 Å². The van der Waals surface area contributed by atoms with Gasteiger partial charge in [0.25, 0.3) is 5.91 Å². The molecule has 2 aliphatic rings. The molecule has 1 aliphatic carbocycles. The van der Waals surface area contributed by atoms with E-state index in [0.717, 1.165) is 51.7 Å². The van der Waals surface area contributed by atoms with E-state index in [-0.39, 0.29) is 12.0 Å². The minimum atomic E-state index is -0.181. The van der Waals surface area contributed by atoms with Crippen molar-refractivity contribution in [3.63, 3.8) is 0 Å². The fourth-order valence-corrected chi connectivity index (χ4v) is 2.64. The van der Waals surface area contributed by atoms with E-state index in [9.17, 15) is 4.79 Å². The first-order valence-corrected chi connectivity index (χ1v) is 7.34. The summed E-state index contributed by atoms with van der Waals surface area (Å²) in [5.41, 5.74) is 0. The van der Waals surface area contributed by atoms with Crippen molar-refractivity contribution >= 4 is 17.5 Å². The van der Waals surface area contributed by atoms with Gasteiger partial charge in [0.05, 0.1) is 0 Å². The Balaban J connectivity index is 1.90. The zero-order chi connectivity index (χ0) is 12.1. The molecule has 17 heavy (non-hydrogen) atoms. The highest BCUT2D eigenvalue weighted by Gasteiger charge is 2.33. The molecule has 1 atom stereocenters. The molecule has 1 heterocycles. The maximum Gasteiger partial charge on any atom is 0.251 e. The SMILES string of the molecule is O=C(C1CCCCO1)N(CCCCl)C1CCC1. The first-order valence-electron chi connectivity index (χ1n) is 6.81. The molecule has 0 spiro atoms. The second-order valence-corrected chi connectivity index (χ2v) is 5.39. The van der Waals surface area contributed by atoms with Crippen molar-refractivity contribution in [2.45, 2.75) is 57.1 Å². The van der Waals surface area contributed by atoms with Gasteiger partial charge in [-0.25, -0.2) is 0 Å². The van der Waals surface area contributed by atoms with Crippen molar-refractivity contribution in [1.82, 2.24) is 4.90 Å². The van der Waals surface area contributed by atoms with Crippen molar-refractivity contribution in [3.8, 4) is 0 Å². The van der Waals surface area contributed by atoms with Gasteiger partial charge in [-0.15, -0.1) is 11.6 Å². The van der Waals surface area contributed by atoms with Crippen molar-refractivity contribution < 1.29 is 9.53 Å². The summed E-state index contributed by atoms with van der Waals surface area (Å²) in [6, 6.07) is 0.455. The summed E-state index contributed by atoms with van der Waals surface area (Å²) in [4.78, 5) is 14.4. The summed E-state index contributed by atoms with van der Waals surface area (Å²) >= 11 is 5.73. The Bertz CT molecular complexity index is 250. The molecule has 0 radical (unpaired) electrons. The van der Waals surface area contributed by atoms with Gasteiger partial charge in [-0.1, -0.05) is 0 Å². The Morgan fingerprint density at radius 2 is 2.06 bits per heavy atom. The molecule has 1 aliphatic heterocycles. The summed E-state index contributed by atoms with van der Waals surface area (Å²) in [5.74, 6) is 0.835. The molecule has 2 rings (SSSR count). The van der Waals surface area contributed by atoms with Crippen LogP contribution in [-0.2, 0) is 9.53 Å². The number of amides is 1. The van der Waals surface area contributed by atoms with Crippen LogP contribution in [0, 0.1) is 0 Å². The van der Waals surface area contributed by atoms with Gasteiger partial charge in [0.2, 0.25) is 0 Å². The van der Waals surface area contributed by atoms with E-state index in [2.05, 4.69) is 0 Å². The first-order chi connectivity index (χ1) is 8.33. The second-order valence-electron chi connectivity index (χ2n) is 5.01. The minimum Gasteiger partial charge on any atom is -0.368 e. The van der Waals surface area contributed by atoms with Crippen molar-refractivity contribution in [3.05, 3.63) is 0 Å². The van der Waals surface area contributed by atoms with Crippen LogP contribution in [0.1, 0.15) is 44.9 Å². The topological polar surface area (TPSA) is 29.5 Å². The van der Waals surface area contributed by atoms with Crippen LogP contribution in [0.5, 0.6) is 0 Å². The van der Waals surface area contributed by atoms with Crippen LogP contribution < -0.4 is 0 Å². The normalized spacial score (nSPS) is 25.4. The molecular weight excluding hydrogens is 238 g/mol. The maximum atomic E-state index is 12.4. The average Bonchev–Trinajstić information content (AvgIpc) is 2.32. The number of carbonyl (C=O) groups is 1. The lowest BCUT2D eigenvalue weighted by Crippen LogP contribution is -2.50. The van der Waals surface area contributed by atoms with E-state index in [1.54, 1.807) is 0 Å². The van der Waals surface area contributed by atoms with Crippen LogP contribution in [0.3, 0.4) is 0 Å². The molecule has 0 aromatic heterocycles. The fraction of sp³-hybridized carbons (Fsp3) is 0.923. The fourth-order valence-electron chi connectivity index (χ4n) is 2.52. The first kappa shape index (κ1) is 13.2. The van der Waals surface area contributed by atoms with Gasteiger partial charge < -0.3 is 9.64 Å². The van der Waals surface area contributed by atoms with Gasteiger partial charge in [-0.05, 0) is 44.9 Å². The number of ether oxygens (including phenoxy) is 1. The summed E-state index contributed by atoms with van der Waals surface area (Å²) in [6.45, 7) is 1.54. The van der Waals surface area contributed by atoms with E-state index >= 15 is 0 Å². The number of carbonyl (C=O) groups excluding carboxylic acids is 1. The third kappa shape index (κ3) is 3.35. The zero-order valence-corrected chi connectivity index (χ0v) is 11.1. The lowest BCUT2D eigenvalue weighted by molar-refractivity contribution is -0.150. The highest BCUT2D eigenvalue weighted by molar-refractivity contribution is 6.17. The van der Waals surface area contributed by atoms with Gasteiger partial charge in [-0.3, -0.25) is 4.79 Å². The van der Waals surface area contributed by atoms with Gasteiger partial charge in [0.15, 0.2) is 0 Å². The zero-order valence-electron chi connectivity index (χ0n) is 10.4. The van der Waals surface area contributed by atoms with Crippen LogP contribution in [0.15, 0.2) is 0 Å². The molecule has 4 heteroatoms. The van der Waals surface area contributed by atoms with Crippen molar-refractivity contribution in [2.75, 3.05) is 19.0 Å². The van der Waals surface area contributed by atoms with Gasteiger partial charge in [-0.2, -0.15) is 0 Å². The predicted molar refractivity (Wildman–Crippen MR) is 68.3 cm³/mol. The number of nitrogens with zero attached hydrogens (tertiary/aromatic N) is 1. The Kier molecular flexibility index (Phi) is 5.11. The number of rotatable bonds is 5. The average molecular weight is 260 g/mol. The molecule has 98 valence electrons. The summed E-state index contributed by atoms with van der Waals surface area (Å²) in [7, 11) is 0. The van der Waals surface area contributed by atoms with E-state index in [1.807, 2.05) is 4.90 Å². The summed E-state index contributed by atoms with van der Waals surface area (Å²) in [6.07, 6.45) is 7.36. The van der Waals surface area contributed by atoms with E-state index in [4.69, 9.17) is 16.3 Å². The predicted octanol–water partition coefficient (Wildman–Crippen LogP) is 2.57. The molecule has 1 saturated carbocycles. The molecular formula is C13H22ClNO2. The van der Waals surface area contributed by atoms with Gasteiger partial charge in [0.1, 0.15) is 6.10 Å². The largest absolute Gasteiger partial charge is 0.368 e. The number of hydrogen-bond acceptors (Lipinski definition) is 2. The van der Waals surface area contributed by atoms with Crippen LogP contribution in [0.25, 0.3) is 0 Å². The molecule has 1 unspecified atom stereocenters. The molecule has 0 N–H and O–H groups in total. The number of halogens is 1. The van der Waals surface area contributed by atoms with E-state index < -0.39 is 0 Å². The smallest absolute Gasteiger partial charge is 0.251 e. The Morgan fingerprint density at radius 3 is 2.59 bits per heavy atom. The molecule has 1 amide bonds. The minimum absolute atomic E-state index is 0.181. The lowest BCUT2D eigenvalue weighted by Gasteiger charge is -2.40. The molecule has 3 nitrogen and oxygen atoms in total. The lowest BCUT2D eigenvalue weighted by atomic mass is 9.90. The van der Waals surface area contributed by atoms with Gasteiger partial charge >= 0.3 is 0 Å². The van der Waals surface area contributed by atoms with Crippen molar-refractivity contribution in [1.29, 1.82) is 0 Å². The Morgan fingerprint density at radius 1 is 1.24 bits per heavy atom. The maximum absolute atomic E-state index is 12.4. The molecule has 0 aromatic rings. The summed E-state index contributed by atoms with van der Waals surface area (Å²) < 4.78 is 5.60. The highest BCUT2D eigenvalue weighted by Crippen LogP contribution is 2.27. The van der Waals surface area contributed by atoms with Gasteiger partial charge in [0, 0.05) is 25.1 Å². The number of alkyl halides is 1. The molecule has 2 fully saturated rings. The van der Waals surface area contributed by atoms with Crippen LogP contribution in [0.2, 0.25) is 0 Å². The molecule has 0 aromatic carbocycles. The second kappa shape index (κ2) is 6.60. The Labute approximate surface area is 108 Å². The quantitative estimate of drug-likeness (QED) is 0.711. The molecule has 1 saturated heterocycles. The summed E-state index contributed by atoms with van der Waals surface area (Å²) in [5, 5.41) is 0. The van der Waals surface area contributed by atoms with Crippen LogP contribution in [0.4, 0.5) is 0 Å². The van der Waals surface area contributed by atoms with E-state index in [1.165, 1.54) is 6.42 Å². The van der Waals surface area contributed by atoms with E-state index in [0.29, 0.717) is 11.9 Å².